The first-order valence-electron chi connectivity index (χ1n) is 7.63. The maximum absolute atomic E-state index is 12.2. The average molecular weight is 347 g/mol. The number of aromatic nitrogens is 3. The summed E-state index contributed by atoms with van der Waals surface area (Å²) in [5.41, 5.74) is 1.71. The normalized spacial score (nSPS) is 11.0. The average Bonchev–Trinajstić information content (AvgIpc) is 3.05. The molecule has 0 amide bonds. The molecule has 0 atom stereocenters. The van der Waals surface area contributed by atoms with E-state index < -0.39 is 6.61 Å². The van der Waals surface area contributed by atoms with E-state index in [0.29, 0.717) is 17.0 Å². The Morgan fingerprint density at radius 3 is 2.60 bits per heavy atom. The van der Waals surface area contributed by atoms with Crippen molar-refractivity contribution in [2.45, 2.75) is 26.5 Å². The number of nitrogens with zero attached hydrogens (tertiary/aromatic N) is 3. The molecule has 0 radical (unpaired) electrons. The van der Waals surface area contributed by atoms with Crippen LogP contribution in [-0.4, -0.2) is 21.5 Å². The van der Waals surface area contributed by atoms with Crippen molar-refractivity contribution in [2.24, 2.45) is 0 Å². The topological polar surface area (TPSA) is 70.2 Å². The van der Waals surface area contributed by atoms with Crippen LogP contribution in [0.15, 0.2) is 51.8 Å². The first-order chi connectivity index (χ1) is 12.0. The third-order valence-corrected chi connectivity index (χ3v) is 3.52. The highest BCUT2D eigenvalue weighted by atomic mass is 19.3. The van der Waals surface area contributed by atoms with E-state index in [-0.39, 0.29) is 17.9 Å². The summed E-state index contributed by atoms with van der Waals surface area (Å²) in [6.07, 6.45) is 0.735. The van der Waals surface area contributed by atoms with E-state index in [9.17, 15) is 13.6 Å². The number of hydrogen-bond donors (Lipinski definition) is 0. The molecule has 8 heteroatoms. The third-order valence-electron chi connectivity index (χ3n) is 3.52. The van der Waals surface area contributed by atoms with Crippen LogP contribution in [0.25, 0.3) is 11.3 Å². The van der Waals surface area contributed by atoms with Gasteiger partial charge in [-0.2, -0.15) is 13.9 Å². The minimum atomic E-state index is -2.87. The summed E-state index contributed by atoms with van der Waals surface area (Å²) in [6.45, 7) is -0.763. The molecule has 3 rings (SSSR count). The van der Waals surface area contributed by atoms with Crippen molar-refractivity contribution in [3.05, 3.63) is 64.3 Å². The second-order valence-electron chi connectivity index (χ2n) is 5.26. The van der Waals surface area contributed by atoms with Gasteiger partial charge in [-0.05, 0) is 36.8 Å². The van der Waals surface area contributed by atoms with Crippen LogP contribution in [0.2, 0.25) is 0 Å². The van der Waals surface area contributed by atoms with Gasteiger partial charge < -0.3 is 9.26 Å². The Kier molecular flexibility index (Phi) is 4.87. The van der Waals surface area contributed by atoms with Gasteiger partial charge in [-0.15, -0.1) is 0 Å². The van der Waals surface area contributed by atoms with E-state index in [4.69, 9.17) is 4.52 Å². The second-order valence-corrected chi connectivity index (χ2v) is 5.26. The lowest BCUT2D eigenvalue weighted by Gasteiger charge is -2.07. The first kappa shape index (κ1) is 16.8. The van der Waals surface area contributed by atoms with Gasteiger partial charge in [-0.1, -0.05) is 12.1 Å². The van der Waals surface area contributed by atoms with E-state index in [1.165, 1.54) is 22.9 Å². The molecule has 130 valence electrons. The SMILES string of the molecule is CCc1cc(Cn2nc(-c3ccc(OC(F)F)cc3)ccc2=O)on1. The maximum Gasteiger partial charge on any atom is 0.387 e. The Hall–Kier alpha value is -3.03. The minimum absolute atomic E-state index is 0.0563. The monoisotopic (exact) mass is 347 g/mol. The van der Waals surface area contributed by atoms with Crippen LogP contribution < -0.4 is 10.3 Å². The summed E-state index contributed by atoms with van der Waals surface area (Å²) in [6, 6.07) is 10.8. The summed E-state index contributed by atoms with van der Waals surface area (Å²) in [5, 5.41) is 8.17. The molecule has 0 spiro atoms. The highest BCUT2D eigenvalue weighted by Crippen LogP contribution is 2.21. The van der Waals surface area contributed by atoms with Crippen molar-refractivity contribution in [1.82, 2.24) is 14.9 Å². The zero-order chi connectivity index (χ0) is 17.8. The molecule has 0 saturated heterocycles. The van der Waals surface area contributed by atoms with E-state index in [0.717, 1.165) is 12.1 Å². The predicted octanol–water partition coefficient (Wildman–Crippen LogP) is 3.11. The quantitative estimate of drug-likeness (QED) is 0.685. The fourth-order valence-corrected chi connectivity index (χ4v) is 2.27. The Morgan fingerprint density at radius 1 is 1.20 bits per heavy atom. The van der Waals surface area contributed by atoms with Gasteiger partial charge in [0, 0.05) is 17.7 Å². The molecule has 1 aromatic carbocycles. The van der Waals surface area contributed by atoms with Gasteiger partial charge >= 0.3 is 6.61 Å². The van der Waals surface area contributed by atoms with E-state index >= 15 is 0 Å². The smallest absolute Gasteiger partial charge is 0.387 e. The van der Waals surface area contributed by atoms with Gasteiger partial charge in [0.2, 0.25) is 0 Å². The van der Waals surface area contributed by atoms with Gasteiger partial charge in [-0.25, -0.2) is 4.68 Å². The summed E-state index contributed by atoms with van der Waals surface area (Å²) in [4.78, 5) is 12.0. The fourth-order valence-electron chi connectivity index (χ4n) is 2.27. The lowest BCUT2D eigenvalue weighted by molar-refractivity contribution is -0.0498. The van der Waals surface area contributed by atoms with E-state index in [2.05, 4.69) is 15.0 Å². The largest absolute Gasteiger partial charge is 0.435 e. The molecule has 0 aliphatic heterocycles. The number of ether oxygens (including phenoxy) is 1. The van der Waals surface area contributed by atoms with Gasteiger partial charge in [0.25, 0.3) is 5.56 Å². The minimum Gasteiger partial charge on any atom is -0.435 e. The summed E-state index contributed by atoms with van der Waals surface area (Å²) in [7, 11) is 0. The molecule has 0 N–H and O–H groups in total. The highest BCUT2D eigenvalue weighted by molar-refractivity contribution is 5.59. The Balaban J connectivity index is 1.84. The van der Waals surface area contributed by atoms with E-state index in [1.54, 1.807) is 24.3 Å². The molecule has 2 heterocycles. The number of benzene rings is 1. The van der Waals surface area contributed by atoms with Gasteiger partial charge in [0.1, 0.15) is 12.3 Å². The van der Waals surface area contributed by atoms with Crippen LogP contribution in [0.5, 0.6) is 5.75 Å². The Bertz CT molecular complexity index is 904. The summed E-state index contributed by atoms with van der Waals surface area (Å²) < 4.78 is 35.1. The standard InChI is InChI=1S/C17H15F2N3O3/c1-2-12-9-14(25-21-12)10-22-16(23)8-7-15(20-22)11-3-5-13(6-4-11)24-17(18)19/h3-9,17H,2,10H2,1H3. The number of hydrogen-bond acceptors (Lipinski definition) is 5. The van der Waals surface area contributed by atoms with Crippen molar-refractivity contribution in [3.63, 3.8) is 0 Å². The zero-order valence-corrected chi connectivity index (χ0v) is 13.4. The Morgan fingerprint density at radius 2 is 1.96 bits per heavy atom. The molecule has 0 aliphatic rings. The van der Waals surface area contributed by atoms with Crippen molar-refractivity contribution < 1.29 is 18.0 Å². The molecule has 25 heavy (non-hydrogen) atoms. The molecule has 0 bridgehead atoms. The number of halogens is 2. The maximum atomic E-state index is 12.2. The van der Waals surface area contributed by atoms with Gasteiger partial charge in [0.05, 0.1) is 11.4 Å². The first-order valence-corrected chi connectivity index (χ1v) is 7.63. The highest BCUT2D eigenvalue weighted by Gasteiger charge is 2.09. The number of alkyl halides is 2. The van der Waals surface area contributed by atoms with Gasteiger partial charge in [-0.3, -0.25) is 4.79 Å². The number of aryl methyl sites for hydroxylation is 1. The van der Waals surface area contributed by atoms with Crippen LogP contribution in [0.1, 0.15) is 18.4 Å². The summed E-state index contributed by atoms with van der Waals surface area (Å²) in [5.74, 6) is 0.588. The zero-order valence-electron chi connectivity index (χ0n) is 13.4. The fraction of sp³-hybridized carbons (Fsp3) is 0.235. The number of rotatable bonds is 6. The molecule has 0 fully saturated rings. The lowest BCUT2D eigenvalue weighted by atomic mass is 10.1. The molecule has 0 unspecified atom stereocenters. The summed E-state index contributed by atoms with van der Waals surface area (Å²) >= 11 is 0. The van der Waals surface area contributed by atoms with Crippen molar-refractivity contribution in [2.75, 3.05) is 0 Å². The molecule has 0 aliphatic carbocycles. The van der Waals surface area contributed by atoms with Crippen molar-refractivity contribution in [3.8, 4) is 17.0 Å². The van der Waals surface area contributed by atoms with E-state index in [1.807, 2.05) is 6.92 Å². The predicted molar refractivity (Wildman–Crippen MR) is 85.5 cm³/mol. The Labute approximate surface area is 141 Å². The van der Waals surface area contributed by atoms with Crippen LogP contribution in [0.3, 0.4) is 0 Å². The second kappa shape index (κ2) is 7.25. The van der Waals surface area contributed by atoms with Crippen LogP contribution in [0.4, 0.5) is 8.78 Å². The third kappa shape index (κ3) is 4.09. The molecule has 6 nitrogen and oxygen atoms in total. The van der Waals surface area contributed by atoms with Crippen molar-refractivity contribution >= 4 is 0 Å². The lowest BCUT2D eigenvalue weighted by Crippen LogP contribution is -2.22. The molecule has 0 saturated carbocycles. The molecular formula is C17H15F2N3O3. The van der Waals surface area contributed by atoms with Crippen LogP contribution >= 0.6 is 0 Å². The van der Waals surface area contributed by atoms with Crippen LogP contribution in [-0.2, 0) is 13.0 Å². The van der Waals surface area contributed by atoms with Crippen LogP contribution in [0, 0.1) is 0 Å². The molecule has 3 aromatic rings. The molecular weight excluding hydrogens is 332 g/mol. The molecule has 2 aromatic heterocycles. The van der Waals surface area contributed by atoms with Crippen molar-refractivity contribution in [1.29, 1.82) is 0 Å². The van der Waals surface area contributed by atoms with Gasteiger partial charge in [0.15, 0.2) is 5.76 Å².